The summed E-state index contributed by atoms with van der Waals surface area (Å²) in [6, 6.07) is 3.85. The number of ether oxygens (including phenoxy) is 1. The topological polar surface area (TPSA) is 63.7 Å². The van der Waals surface area contributed by atoms with E-state index in [4.69, 9.17) is 4.74 Å². The minimum atomic E-state index is 0.0215. The van der Waals surface area contributed by atoms with Gasteiger partial charge >= 0.3 is 0 Å². The lowest BCUT2D eigenvalue weighted by molar-refractivity contribution is 0.0292. The normalized spacial score (nSPS) is 18.1. The van der Waals surface area contributed by atoms with Crippen molar-refractivity contribution in [3.63, 3.8) is 0 Å². The number of methoxy groups -OCH3 is 1. The summed E-state index contributed by atoms with van der Waals surface area (Å²) >= 11 is 0. The van der Waals surface area contributed by atoms with E-state index >= 15 is 0 Å². The van der Waals surface area contributed by atoms with E-state index < -0.39 is 0 Å². The summed E-state index contributed by atoms with van der Waals surface area (Å²) < 4.78 is 5.68. The Kier molecular flexibility index (Phi) is 4.06. The van der Waals surface area contributed by atoms with Crippen molar-refractivity contribution in [2.45, 2.75) is 38.2 Å². The van der Waals surface area contributed by atoms with Crippen LogP contribution in [0.1, 0.15) is 44.0 Å². The summed E-state index contributed by atoms with van der Waals surface area (Å²) in [6.45, 7) is 0. The van der Waals surface area contributed by atoms with E-state index in [1.54, 1.807) is 19.5 Å². The molecule has 0 aliphatic heterocycles. The first-order valence-electron chi connectivity index (χ1n) is 7.24. The largest absolute Gasteiger partial charge is 0.373 e. The number of hydrogen-bond donors (Lipinski definition) is 1. The number of H-pyrrole nitrogens is 1. The van der Waals surface area contributed by atoms with E-state index in [9.17, 15) is 0 Å². The fourth-order valence-electron chi connectivity index (χ4n) is 2.99. The predicted octanol–water partition coefficient (Wildman–Crippen LogP) is 3.13. The van der Waals surface area contributed by atoms with E-state index in [0.29, 0.717) is 11.7 Å². The number of aromatic nitrogens is 4. The summed E-state index contributed by atoms with van der Waals surface area (Å²) in [5, 5.41) is 7.33. The summed E-state index contributed by atoms with van der Waals surface area (Å²) in [7, 11) is 1.76. The maximum absolute atomic E-state index is 5.68. The van der Waals surface area contributed by atoms with Gasteiger partial charge in [0, 0.05) is 25.1 Å². The molecule has 1 N–H and O–H groups in total. The Balaban J connectivity index is 1.80. The molecule has 3 rings (SSSR count). The van der Waals surface area contributed by atoms with Crippen LogP contribution in [-0.2, 0) is 4.74 Å². The maximum Gasteiger partial charge on any atom is 0.182 e. The highest BCUT2D eigenvalue weighted by Gasteiger charge is 2.27. The molecule has 0 spiro atoms. The van der Waals surface area contributed by atoms with Gasteiger partial charge in [0.25, 0.3) is 0 Å². The fourth-order valence-corrected chi connectivity index (χ4v) is 2.99. The standard InChI is InChI=1S/C15H20N4O/c1-20-13(11-6-3-2-4-7-11)15-17-14(18-19-15)12-8-5-9-16-10-12/h5,8-11,13H,2-4,6-7H2,1H3,(H,17,18,19). The van der Waals surface area contributed by atoms with E-state index in [1.165, 1.54) is 32.1 Å². The first-order chi connectivity index (χ1) is 9.88. The highest BCUT2D eigenvalue weighted by atomic mass is 16.5. The van der Waals surface area contributed by atoms with Crippen LogP contribution in [0, 0.1) is 5.92 Å². The molecule has 1 fully saturated rings. The van der Waals surface area contributed by atoms with Crippen LogP contribution in [0.4, 0.5) is 0 Å². The van der Waals surface area contributed by atoms with Gasteiger partial charge in [-0.05, 0) is 30.9 Å². The van der Waals surface area contributed by atoms with Crippen molar-refractivity contribution >= 4 is 0 Å². The second kappa shape index (κ2) is 6.13. The van der Waals surface area contributed by atoms with Crippen molar-refractivity contribution in [3.8, 4) is 11.4 Å². The minimum Gasteiger partial charge on any atom is -0.373 e. The molecule has 2 heterocycles. The molecule has 0 amide bonds. The maximum atomic E-state index is 5.68. The van der Waals surface area contributed by atoms with Gasteiger partial charge in [0.1, 0.15) is 6.10 Å². The molecule has 1 unspecified atom stereocenters. The Labute approximate surface area is 118 Å². The van der Waals surface area contributed by atoms with Gasteiger partial charge in [-0.25, -0.2) is 4.98 Å². The molecular formula is C15H20N4O. The summed E-state index contributed by atoms with van der Waals surface area (Å²) in [6.07, 6.45) is 9.87. The highest BCUT2D eigenvalue weighted by Crippen LogP contribution is 2.35. The molecule has 106 valence electrons. The van der Waals surface area contributed by atoms with Crippen molar-refractivity contribution < 1.29 is 4.74 Å². The lowest BCUT2D eigenvalue weighted by Crippen LogP contribution is -2.19. The molecule has 0 bridgehead atoms. The zero-order chi connectivity index (χ0) is 13.8. The third-order valence-electron chi connectivity index (χ3n) is 4.02. The van der Waals surface area contributed by atoms with E-state index in [2.05, 4.69) is 20.2 Å². The van der Waals surface area contributed by atoms with E-state index in [1.807, 2.05) is 12.1 Å². The van der Waals surface area contributed by atoms with Crippen LogP contribution in [0.15, 0.2) is 24.5 Å². The number of nitrogens with one attached hydrogen (secondary N) is 1. The summed E-state index contributed by atoms with van der Waals surface area (Å²) in [4.78, 5) is 8.70. The third kappa shape index (κ3) is 2.72. The van der Waals surface area contributed by atoms with Crippen LogP contribution in [0.5, 0.6) is 0 Å². The van der Waals surface area contributed by atoms with Gasteiger partial charge in [0.15, 0.2) is 11.6 Å². The van der Waals surface area contributed by atoms with Gasteiger partial charge < -0.3 is 4.74 Å². The molecule has 0 saturated heterocycles. The summed E-state index contributed by atoms with van der Waals surface area (Å²) in [5.41, 5.74) is 0.925. The second-order valence-corrected chi connectivity index (χ2v) is 5.34. The molecular weight excluding hydrogens is 252 g/mol. The predicted molar refractivity (Wildman–Crippen MR) is 75.9 cm³/mol. The van der Waals surface area contributed by atoms with Gasteiger partial charge in [0.05, 0.1) is 0 Å². The highest BCUT2D eigenvalue weighted by molar-refractivity contribution is 5.52. The molecule has 0 aromatic carbocycles. The van der Waals surface area contributed by atoms with Gasteiger partial charge in [-0.15, -0.1) is 0 Å². The van der Waals surface area contributed by atoms with Crippen LogP contribution in [0.2, 0.25) is 0 Å². The van der Waals surface area contributed by atoms with Crippen molar-refractivity contribution in [1.82, 2.24) is 20.2 Å². The molecule has 5 nitrogen and oxygen atoms in total. The Hall–Kier alpha value is -1.75. The molecule has 2 aromatic rings. The quantitative estimate of drug-likeness (QED) is 0.928. The molecule has 5 heteroatoms. The van der Waals surface area contributed by atoms with Crippen molar-refractivity contribution in [2.24, 2.45) is 5.92 Å². The monoisotopic (exact) mass is 272 g/mol. The Morgan fingerprint density at radius 3 is 2.85 bits per heavy atom. The Morgan fingerprint density at radius 2 is 2.15 bits per heavy atom. The van der Waals surface area contributed by atoms with Crippen LogP contribution in [-0.4, -0.2) is 27.3 Å². The first-order valence-corrected chi connectivity index (χ1v) is 7.24. The molecule has 1 saturated carbocycles. The van der Waals surface area contributed by atoms with E-state index in [0.717, 1.165) is 11.4 Å². The molecule has 0 radical (unpaired) electrons. The average Bonchev–Trinajstić information content (AvgIpc) is 3.00. The van der Waals surface area contributed by atoms with Gasteiger partial charge in [-0.1, -0.05) is 19.3 Å². The van der Waals surface area contributed by atoms with Crippen LogP contribution in [0.25, 0.3) is 11.4 Å². The van der Waals surface area contributed by atoms with Gasteiger partial charge in [-0.3, -0.25) is 10.1 Å². The summed E-state index contributed by atoms with van der Waals surface area (Å²) in [5.74, 6) is 2.06. The third-order valence-corrected chi connectivity index (χ3v) is 4.02. The molecule has 2 aromatic heterocycles. The number of hydrogen-bond acceptors (Lipinski definition) is 4. The Bertz CT molecular complexity index is 534. The molecule has 1 aliphatic carbocycles. The fraction of sp³-hybridized carbons (Fsp3) is 0.533. The molecule has 20 heavy (non-hydrogen) atoms. The van der Waals surface area contributed by atoms with Crippen molar-refractivity contribution in [3.05, 3.63) is 30.4 Å². The van der Waals surface area contributed by atoms with Crippen LogP contribution in [0.3, 0.4) is 0 Å². The zero-order valence-corrected chi connectivity index (χ0v) is 11.7. The van der Waals surface area contributed by atoms with Gasteiger partial charge in [-0.2, -0.15) is 5.10 Å². The number of nitrogens with zero attached hydrogens (tertiary/aromatic N) is 3. The van der Waals surface area contributed by atoms with Crippen LogP contribution < -0.4 is 0 Å². The number of aromatic amines is 1. The minimum absolute atomic E-state index is 0.0215. The van der Waals surface area contributed by atoms with Crippen molar-refractivity contribution in [1.29, 1.82) is 0 Å². The van der Waals surface area contributed by atoms with Crippen LogP contribution >= 0.6 is 0 Å². The first kappa shape index (κ1) is 13.2. The smallest absolute Gasteiger partial charge is 0.182 e. The molecule has 1 atom stereocenters. The molecule has 1 aliphatic rings. The lowest BCUT2D eigenvalue weighted by atomic mass is 9.85. The SMILES string of the molecule is COC(c1nc(-c2cccnc2)n[nH]1)C1CCCCC1. The number of rotatable bonds is 4. The number of pyridine rings is 1. The average molecular weight is 272 g/mol. The van der Waals surface area contributed by atoms with Crippen molar-refractivity contribution in [2.75, 3.05) is 7.11 Å². The lowest BCUT2D eigenvalue weighted by Gasteiger charge is -2.27. The zero-order valence-electron chi connectivity index (χ0n) is 11.7. The Morgan fingerprint density at radius 1 is 1.30 bits per heavy atom. The second-order valence-electron chi connectivity index (χ2n) is 5.34. The van der Waals surface area contributed by atoms with E-state index in [-0.39, 0.29) is 6.10 Å². The van der Waals surface area contributed by atoms with Gasteiger partial charge in [0.2, 0.25) is 0 Å².